The summed E-state index contributed by atoms with van der Waals surface area (Å²) in [6, 6.07) is -0.0384. The number of unbranched alkanes of at least 4 members (excludes halogenated alkanes) is 3. The Morgan fingerprint density at radius 1 is 1.08 bits per heavy atom. The second-order valence-corrected chi connectivity index (χ2v) is 8.47. The molecule has 4 aliphatic carbocycles. The van der Waals surface area contributed by atoms with Crippen LogP contribution >= 0.6 is 0 Å². The van der Waals surface area contributed by atoms with Crippen LogP contribution in [0.2, 0.25) is 0 Å². The van der Waals surface area contributed by atoms with Crippen molar-refractivity contribution >= 4 is 12.0 Å². The predicted octanol–water partition coefficient (Wildman–Crippen LogP) is 3.84. The van der Waals surface area contributed by atoms with E-state index in [0.29, 0.717) is 13.0 Å². The van der Waals surface area contributed by atoms with Crippen LogP contribution in [0.3, 0.4) is 0 Å². The summed E-state index contributed by atoms with van der Waals surface area (Å²) in [6.07, 6.45) is 11.8. The summed E-state index contributed by atoms with van der Waals surface area (Å²) in [6.45, 7) is 0.626. The maximum absolute atomic E-state index is 13.2. The van der Waals surface area contributed by atoms with Gasteiger partial charge in [0, 0.05) is 12.1 Å². The smallest absolute Gasteiger partial charge is 0.366 e. The van der Waals surface area contributed by atoms with Crippen molar-refractivity contribution in [1.29, 1.82) is 0 Å². The molecule has 5 nitrogen and oxygen atoms in total. The van der Waals surface area contributed by atoms with E-state index in [1.54, 1.807) is 0 Å². The number of ether oxygens (including phenoxy) is 1. The van der Waals surface area contributed by atoms with Crippen LogP contribution in [-0.4, -0.2) is 31.2 Å². The second-order valence-electron chi connectivity index (χ2n) is 8.47. The molecule has 4 fully saturated rings. The van der Waals surface area contributed by atoms with Crippen LogP contribution in [0.5, 0.6) is 0 Å². The van der Waals surface area contributed by atoms with Crippen molar-refractivity contribution in [2.24, 2.45) is 17.8 Å². The van der Waals surface area contributed by atoms with Gasteiger partial charge in [-0.1, -0.05) is 6.42 Å². The summed E-state index contributed by atoms with van der Waals surface area (Å²) in [5.74, 6) is 0.702. The van der Waals surface area contributed by atoms with Gasteiger partial charge in [-0.2, -0.15) is 4.39 Å². The van der Waals surface area contributed by atoms with Crippen molar-refractivity contribution < 1.29 is 18.7 Å². The number of rotatable bonds is 8. The SMILES string of the molecule is COC(=O)/C(F)=C/CCCCCNC(=O)NC12CC3CC(CC(C3)C1)C2. The highest BCUT2D eigenvalue weighted by atomic mass is 19.1. The molecule has 0 aromatic carbocycles. The van der Waals surface area contributed by atoms with Crippen LogP contribution in [0.25, 0.3) is 0 Å². The number of esters is 1. The molecule has 0 heterocycles. The van der Waals surface area contributed by atoms with Crippen LogP contribution in [0.1, 0.15) is 64.2 Å². The Balaban J connectivity index is 1.29. The number of halogens is 1. The highest BCUT2D eigenvalue weighted by Crippen LogP contribution is 2.55. The van der Waals surface area contributed by atoms with Gasteiger partial charge in [0.2, 0.25) is 5.83 Å². The maximum Gasteiger partial charge on any atom is 0.366 e. The Morgan fingerprint density at radius 3 is 2.27 bits per heavy atom. The normalized spacial score (nSPS) is 32.4. The molecule has 4 bridgehead atoms. The minimum absolute atomic E-state index is 0.0384. The third kappa shape index (κ3) is 4.77. The lowest BCUT2D eigenvalue weighted by molar-refractivity contribution is -0.137. The number of amides is 2. The summed E-state index contributed by atoms with van der Waals surface area (Å²) in [4.78, 5) is 23.2. The highest BCUT2D eigenvalue weighted by Gasteiger charge is 2.51. The van der Waals surface area contributed by atoms with Gasteiger partial charge < -0.3 is 15.4 Å². The van der Waals surface area contributed by atoms with Crippen LogP contribution in [0.4, 0.5) is 9.18 Å². The molecule has 0 aromatic heterocycles. The van der Waals surface area contributed by atoms with Gasteiger partial charge in [0.05, 0.1) is 7.11 Å². The van der Waals surface area contributed by atoms with Gasteiger partial charge in [-0.25, -0.2) is 9.59 Å². The molecule has 6 heteroatoms. The summed E-state index contributed by atoms with van der Waals surface area (Å²) in [5, 5.41) is 6.27. The minimum atomic E-state index is -0.923. The molecule has 0 unspecified atom stereocenters. The van der Waals surface area contributed by atoms with Gasteiger partial charge in [0.25, 0.3) is 0 Å². The molecule has 0 saturated heterocycles. The predicted molar refractivity (Wildman–Crippen MR) is 97.1 cm³/mol. The lowest BCUT2D eigenvalue weighted by Crippen LogP contribution is -2.61. The average Bonchev–Trinajstić information content (AvgIpc) is 2.58. The fourth-order valence-electron chi connectivity index (χ4n) is 5.61. The maximum atomic E-state index is 13.2. The monoisotopic (exact) mass is 366 g/mol. The minimum Gasteiger partial charge on any atom is -0.464 e. The van der Waals surface area contributed by atoms with Crippen molar-refractivity contribution in [3.63, 3.8) is 0 Å². The number of carbonyl (C=O) groups is 2. The standard InChI is InChI=1S/C20H31FN2O3/c1-26-18(24)17(21)6-4-2-3-5-7-22-19(25)23-20-11-14-8-15(12-20)10-16(9-14)13-20/h6,14-16H,2-5,7-13H2,1H3,(H2,22,23,25)/b17-6-. The number of urea groups is 1. The number of hydrogen-bond donors (Lipinski definition) is 2. The Morgan fingerprint density at radius 2 is 1.69 bits per heavy atom. The Hall–Kier alpha value is -1.59. The van der Waals surface area contributed by atoms with E-state index < -0.39 is 11.8 Å². The fraction of sp³-hybridized carbons (Fsp3) is 0.800. The number of allylic oxidation sites excluding steroid dienone is 1. The molecule has 146 valence electrons. The molecule has 0 spiro atoms. The van der Waals surface area contributed by atoms with E-state index in [1.165, 1.54) is 25.3 Å². The van der Waals surface area contributed by atoms with E-state index in [4.69, 9.17) is 0 Å². The zero-order chi connectivity index (χ0) is 18.6. The quantitative estimate of drug-likeness (QED) is 0.390. The van der Waals surface area contributed by atoms with E-state index in [2.05, 4.69) is 15.4 Å². The molecule has 26 heavy (non-hydrogen) atoms. The molecule has 4 rings (SSSR count). The van der Waals surface area contributed by atoms with E-state index in [1.807, 2.05) is 0 Å². The van der Waals surface area contributed by atoms with Gasteiger partial charge >= 0.3 is 12.0 Å². The summed E-state index contributed by atoms with van der Waals surface area (Å²) >= 11 is 0. The third-order valence-electron chi connectivity index (χ3n) is 6.29. The number of carbonyl (C=O) groups excluding carboxylic acids is 2. The molecule has 0 aromatic rings. The first-order valence-corrected chi connectivity index (χ1v) is 9.99. The zero-order valence-corrected chi connectivity index (χ0v) is 15.7. The number of hydrogen-bond acceptors (Lipinski definition) is 3. The first-order chi connectivity index (χ1) is 12.5. The van der Waals surface area contributed by atoms with Crippen LogP contribution < -0.4 is 10.6 Å². The zero-order valence-electron chi connectivity index (χ0n) is 15.7. The van der Waals surface area contributed by atoms with Crippen LogP contribution in [0.15, 0.2) is 11.9 Å². The average molecular weight is 366 g/mol. The first-order valence-electron chi connectivity index (χ1n) is 9.99. The van der Waals surface area contributed by atoms with Gasteiger partial charge in [-0.3, -0.25) is 0 Å². The number of methoxy groups -OCH3 is 1. The lowest BCUT2D eigenvalue weighted by Gasteiger charge is -2.56. The molecular formula is C20H31FN2O3. The summed E-state index contributed by atoms with van der Waals surface area (Å²) in [7, 11) is 1.16. The lowest BCUT2D eigenvalue weighted by atomic mass is 9.53. The molecular weight excluding hydrogens is 335 g/mol. The molecule has 0 aliphatic heterocycles. The third-order valence-corrected chi connectivity index (χ3v) is 6.29. The number of nitrogens with one attached hydrogen (secondary N) is 2. The molecule has 4 saturated carbocycles. The van der Waals surface area contributed by atoms with Crippen molar-refractivity contribution in [3.05, 3.63) is 11.9 Å². The van der Waals surface area contributed by atoms with Gasteiger partial charge in [0.15, 0.2) is 0 Å². The Bertz CT molecular complexity index is 526. The molecule has 0 atom stereocenters. The molecule has 2 N–H and O–H groups in total. The van der Waals surface area contributed by atoms with Crippen molar-refractivity contribution in [2.45, 2.75) is 69.7 Å². The largest absolute Gasteiger partial charge is 0.464 e. The topological polar surface area (TPSA) is 67.4 Å². The van der Waals surface area contributed by atoms with E-state index in [0.717, 1.165) is 63.4 Å². The molecule has 0 radical (unpaired) electrons. The van der Waals surface area contributed by atoms with Gasteiger partial charge in [-0.05, 0) is 81.6 Å². The summed E-state index contributed by atoms with van der Waals surface area (Å²) < 4.78 is 17.5. The molecule has 4 aliphatic rings. The van der Waals surface area contributed by atoms with Crippen molar-refractivity contribution in [2.75, 3.05) is 13.7 Å². The highest BCUT2D eigenvalue weighted by molar-refractivity contribution is 5.85. The Labute approximate surface area is 155 Å². The second kappa shape index (κ2) is 8.40. The van der Waals surface area contributed by atoms with Gasteiger partial charge in [0.1, 0.15) is 0 Å². The van der Waals surface area contributed by atoms with Crippen molar-refractivity contribution in [1.82, 2.24) is 10.6 Å². The van der Waals surface area contributed by atoms with E-state index in [9.17, 15) is 14.0 Å². The molecule has 2 amide bonds. The van der Waals surface area contributed by atoms with Gasteiger partial charge in [-0.15, -0.1) is 0 Å². The summed E-state index contributed by atoms with van der Waals surface area (Å²) in [5.41, 5.74) is 0.0506. The van der Waals surface area contributed by atoms with E-state index in [-0.39, 0.29) is 11.6 Å². The Kier molecular flexibility index (Phi) is 6.20. The van der Waals surface area contributed by atoms with Crippen molar-refractivity contribution in [3.8, 4) is 0 Å². The first kappa shape index (κ1) is 19.2. The fourth-order valence-corrected chi connectivity index (χ4v) is 5.61. The van der Waals surface area contributed by atoms with E-state index >= 15 is 0 Å². The van der Waals surface area contributed by atoms with Crippen LogP contribution in [0, 0.1) is 17.8 Å². The van der Waals surface area contributed by atoms with Crippen LogP contribution in [-0.2, 0) is 9.53 Å².